The number of nitrogens with zero attached hydrogens (tertiary/aromatic N) is 3. The van der Waals surface area contributed by atoms with Crippen LogP contribution in [0.4, 0.5) is 13.2 Å². The molecule has 0 aliphatic heterocycles. The zero-order chi connectivity index (χ0) is 17.2. The molecule has 0 saturated carbocycles. The van der Waals surface area contributed by atoms with Crippen molar-refractivity contribution in [3.8, 4) is 0 Å². The molecule has 2 rings (SSSR count). The van der Waals surface area contributed by atoms with Crippen LogP contribution in [0.3, 0.4) is 0 Å². The Hall–Kier alpha value is -1.44. The number of hydrogen-bond acceptors (Lipinski definition) is 3. The van der Waals surface area contributed by atoms with Gasteiger partial charge in [-0.15, -0.1) is 0 Å². The lowest BCUT2D eigenvalue weighted by Gasteiger charge is -2.05. The Morgan fingerprint density at radius 1 is 1.26 bits per heavy atom. The van der Waals surface area contributed by atoms with Gasteiger partial charge in [-0.3, -0.25) is 4.68 Å². The van der Waals surface area contributed by atoms with Gasteiger partial charge in [0.25, 0.3) is 0 Å². The van der Waals surface area contributed by atoms with Gasteiger partial charge in [0.1, 0.15) is 11.8 Å². The van der Waals surface area contributed by atoms with Crippen LogP contribution in [0.2, 0.25) is 15.2 Å². The highest BCUT2D eigenvalue weighted by molar-refractivity contribution is 6.36. The summed E-state index contributed by atoms with van der Waals surface area (Å²) in [5, 5.41) is 7.32. The molecular formula is C13H9Cl3F3N3O. The normalized spacial score (nSPS) is 12.1. The van der Waals surface area contributed by atoms with Crippen LogP contribution < -0.4 is 0 Å². The van der Waals surface area contributed by atoms with Gasteiger partial charge in [-0.25, -0.2) is 0 Å². The van der Waals surface area contributed by atoms with E-state index in [-0.39, 0.29) is 17.3 Å². The molecule has 0 aliphatic carbocycles. The van der Waals surface area contributed by atoms with Gasteiger partial charge >= 0.3 is 6.18 Å². The second-order valence-corrected chi connectivity index (χ2v) is 5.56. The van der Waals surface area contributed by atoms with E-state index in [4.69, 9.17) is 39.6 Å². The molecule has 0 radical (unpaired) electrons. The van der Waals surface area contributed by atoms with Crippen molar-refractivity contribution in [2.75, 3.05) is 0 Å². The largest absolute Gasteiger partial charge is 0.435 e. The van der Waals surface area contributed by atoms with E-state index in [2.05, 4.69) is 10.3 Å². The molecule has 0 bridgehead atoms. The van der Waals surface area contributed by atoms with Gasteiger partial charge in [-0.1, -0.05) is 46.0 Å². The molecule has 0 aliphatic rings. The highest BCUT2D eigenvalue weighted by Crippen LogP contribution is 2.33. The quantitative estimate of drug-likeness (QED) is 0.551. The van der Waals surface area contributed by atoms with Crippen molar-refractivity contribution in [2.45, 2.75) is 12.8 Å². The van der Waals surface area contributed by atoms with Crippen LogP contribution in [0.1, 0.15) is 16.8 Å². The summed E-state index contributed by atoms with van der Waals surface area (Å²) in [6.07, 6.45) is -3.80. The maximum absolute atomic E-state index is 12.8. The van der Waals surface area contributed by atoms with E-state index in [0.717, 1.165) is 10.9 Å². The number of alkyl halides is 3. The second-order valence-electron chi connectivity index (χ2n) is 4.38. The van der Waals surface area contributed by atoms with Crippen LogP contribution in [-0.4, -0.2) is 16.0 Å². The van der Waals surface area contributed by atoms with Crippen molar-refractivity contribution < 1.29 is 18.0 Å². The average molecular weight is 387 g/mol. The zero-order valence-corrected chi connectivity index (χ0v) is 13.8. The molecule has 0 N–H and O–H groups in total. The van der Waals surface area contributed by atoms with Crippen molar-refractivity contribution in [1.29, 1.82) is 0 Å². The predicted octanol–water partition coefficient (Wildman–Crippen LogP) is 4.95. The monoisotopic (exact) mass is 385 g/mol. The third-order valence-electron chi connectivity index (χ3n) is 2.81. The third-order valence-corrected chi connectivity index (χ3v) is 3.96. The summed E-state index contributed by atoms with van der Waals surface area (Å²) in [7, 11) is 1.29. The van der Waals surface area contributed by atoms with E-state index in [9.17, 15) is 13.2 Å². The molecule has 4 nitrogen and oxygen atoms in total. The smallest absolute Gasteiger partial charge is 0.391 e. The maximum Gasteiger partial charge on any atom is 0.435 e. The van der Waals surface area contributed by atoms with Gasteiger partial charge in [0.2, 0.25) is 0 Å². The van der Waals surface area contributed by atoms with Crippen LogP contribution in [0.5, 0.6) is 0 Å². The fourth-order valence-electron chi connectivity index (χ4n) is 1.71. The number of halogens is 6. The molecule has 1 heterocycles. The molecule has 124 valence electrons. The standard InChI is InChI=1S/C13H9Cl3F3N3O/c1-22-12(16)7(11(21-22)13(17,18)19)5-20-23-6-8-9(14)3-2-4-10(8)15/h2-5H,6H2,1H3/b20-5+. The molecule has 10 heteroatoms. The molecule has 0 fully saturated rings. The van der Waals surface area contributed by atoms with Gasteiger partial charge in [-0.2, -0.15) is 18.3 Å². The van der Waals surface area contributed by atoms with E-state index in [1.807, 2.05) is 0 Å². The Balaban J connectivity index is 2.16. The summed E-state index contributed by atoms with van der Waals surface area (Å²) in [4.78, 5) is 4.95. The highest BCUT2D eigenvalue weighted by atomic mass is 35.5. The highest BCUT2D eigenvalue weighted by Gasteiger charge is 2.38. The third kappa shape index (κ3) is 4.10. The molecule has 1 aromatic heterocycles. The molecule has 2 aromatic rings. The summed E-state index contributed by atoms with van der Waals surface area (Å²) in [6, 6.07) is 4.87. The first-order chi connectivity index (χ1) is 10.7. The van der Waals surface area contributed by atoms with Gasteiger partial charge in [0, 0.05) is 22.7 Å². The van der Waals surface area contributed by atoms with Gasteiger partial charge < -0.3 is 4.84 Å². The average Bonchev–Trinajstić information content (AvgIpc) is 2.74. The lowest BCUT2D eigenvalue weighted by molar-refractivity contribution is -0.141. The molecular weight excluding hydrogens is 378 g/mol. The fraction of sp³-hybridized carbons (Fsp3) is 0.231. The van der Waals surface area contributed by atoms with Gasteiger partial charge in [0.05, 0.1) is 11.8 Å². The van der Waals surface area contributed by atoms with Crippen LogP contribution in [0, 0.1) is 0 Å². The van der Waals surface area contributed by atoms with E-state index < -0.39 is 11.9 Å². The molecule has 0 unspecified atom stereocenters. The second kappa shape index (κ2) is 6.98. The number of hydrogen-bond donors (Lipinski definition) is 0. The fourth-order valence-corrected chi connectivity index (χ4v) is 2.39. The molecule has 0 amide bonds. The minimum atomic E-state index is -4.65. The Kier molecular flexibility index (Phi) is 5.44. The first kappa shape index (κ1) is 17.9. The Morgan fingerprint density at radius 3 is 2.43 bits per heavy atom. The molecule has 0 atom stereocenters. The van der Waals surface area contributed by atoms with Crippen molar-refractivity contribution >= 4 is 41.0 Å². The van der Waals surface area contributed by atoms with Crippen LogP contribution >= 0.6 is 34.8 Å². The van der Waals surface area contributed by atoms with Crippen molar-refractivity contribution in [2.24, 2.45) is 12.2 Å². The molecule has 23 heavy (non-hydrogen) atoms. The number of oxime groups is 1. The minimum Gasteiger partial charge on any atom is -0.391 e. The lowest BCUT2D eigenvalue weighted by Crippen LogP contribution is -2.09. The van der Waals surface area contributed by atoms with E-state index >= 15 is 0 Å². The van der Waals surface area contributed by atoms with Crippen LogP contribution in [-0.2, 0) is 24.7 Å². The predicted molar refractivity (Wildman–Crippen MR) is 82.1 cm³/mol. The molecule has 1 aromatic carbocycles. The summed E-state index contributed by atoms with van der Waals surface area (Å²) in [5.41, 5.74) is -1.05. The molecule has 0 saturated heterocycles. The summed E-state index contributed by atoms with van der Waals surface area (Å²) in [6.45, 7) is -0.103. The SMILES string of the molecule is Cn1nc(C(F)(F)F)c(/C=N/OCc2c(Cl)cccc2Cl)c1Cl. The van der Waals surface area contributed by atoms with Crippen LogP contribution in [0.25, 0.3) is 0 Å². The van der Waals surface area contributed by atoms with Crippen molar-refractivity contribution in [1.82, 2.24) is 9.78 Å². The topological polar surface area (TPSA) is 39.4 Å². The summed E-state index contributed by atoms with van der Waals surface area (Å²) >= 11 is 17.7. The number of rotatable bonds is 4. The van der Waals surface area contributed by atoms with Gasteiger partial charge in [0.15, 0.2) is 5.69 Å². The first-order valence-corrected chi connectivity index (χ1v) is 7.23. The van der Waals surface area contributed by atoms with Crippen molar-refractivity contribution in [3.05, 3.63) is 50.2 Å². The first-order valence-electron chi connectivity index (χ1n) is 6.09. The number of benzene rings is 1. The Morgan fingerprint density at radius 2 is 1.87 bits per heavy atom. The van der Waals surface area contributed by atoms with Crippen LogP contribution in [0.15, 0.2) is 23.4 Å². The van der Waals surface area contributed by atoms with E-state index in [1.54, 1.807) is 18.2 Å². The van der Waals surface area contributed by atoms with Crippen molar-refractivity contribution in [3.63, 3.8) is 0 Å². The number of aromatic nitrogens is 2. The number of aryl methyl sites for hydroxylation is 1. The van der Waals surface area contributed by atoms with Gasteiger partial charge in [-0.05, 0) is 12.1 Å². The zero-order valence-electron chi connectivity index (χ0n) is 11.5. The summed E-state index contributed by atoms with van der Waals surface area (Å²) < 4.78 is 39.4. The van der Waals surface area contributed by atoms with E-state index in [1.165, 1.54) is 7.05 Å². The minimum absolute atomic E-state index is 0.103. The summed E-state index contributed by atoms with van der Waals surface area (Å²) in [5.74, 6) is 0. The lowest BCUT2D eigenvalue weighted by atomic mass is 10.2. The Labute approximate surface area is 144 Å². The van der Waals surface area contributed by atoms with E-state index in [0.29, 0.717) is 15.6 Å². The maximum atomic E-state index is 12.8. The molecule has 0 spiro atoms. The Bertz CT molecular complexity index is 724.